The Morgan fingerprint density at radius 1 is 1.10 bits per heavy atom. The van der Waals surface area contributed by atoms with Crippen molar-refractivity contribution in [2.45, 2.75) is 6.92 Å². The van der Waals surface area contributed by atoms with Gasteiger partial charge in [0.2, 0.25) is 0 Å². The Balaban J connectivity index is 1.71. The van der Waals surface area contributed by atoms with Gasteiger partial charge in [0.15, 0.2) is 0 Å². The highest BCUT2D eigenvalue weighted by molar-refractivity contribution is 7.19. The summed E-state index contributed by atoms with van der Waals surface area (Å²) in [6.45, 7) is 2.10. The first-order valence-corrected chi connectivity index (χ1v) is 7.73. The van der Waals surface area contributed by atoms with Gasteiger partial charge in [0.1, 0.15) is 5.01 Å². The van der Waals surface area contributed by atoms with E-state index in [0.717, 1.165) is 21.9 Å². The normalized spacial score (nSPS) is 15.2. The van der Waals surface area contributed by atoms with Crippen LogP contribution in [0.3, 0.4) is 0 Å². The summed E-state index contributed by atoms with van der Waals surface area (Å²) in [6.07, 6.45) is 6.33. The number of hydrogen-bond acceptors (Lipinski definition) is 3. The fourth-order valence-corrected chi connectivity index (χ4v) is 3.37. The lowest BCUT2D eigenvalue weighted by molar-refractivity contribution is 1.41. The van der Waals surface area contributed by atoms with Crippen LogP contribution in [-0.2, 0) is 0 Å². The molecule has 0 saturated heterocycles. The summed E-state index contributed by atoms with van der Waals surface area (Å²) < 4.78 is 1.23. The van der Waals surface area contributed by atoms with Crippen molar-refractivity contribution in [2.75, 3.05) is 5.32 Å². The van der Waals surface area contributed by atoms with E-state index >= 15 is 0 Å². The monoisotopic (exact) mass is 290 g/mol. The van der Waals surface area contributed by atoms with Crippen molar-refractivity contribution in [1.82, 2.24) is 4.98 Å². The molecule has 1 aromatic heterocycles. The van der Waals surface area contributed by atoms with Crippen LogP contribution < -0.4 is 5.32 Å². The third kappa shape index (κ3) is 2.36. The van der Waals surface area contributed by atoms with Crippen LogP contribution in [0.25, 0.3) is 22.4 Å². The second kappa shape index (κ2) is 4.86. The number of hydrogen-bond donors (Lipinski definition) is 1. The van der Waals surface area contributed by atoms with E-state index in [1.165, 1.54) is 15.8 Å². The summed E-state index contributed by atoms with van der Waals surface area (Å²) >= 11 is 1.72. The van der Waals surface area contributed by atoms with E-state index in [-0.39, 0.29) is 0 Å². The fraction of sp³-hybridized carbons (Fsp3) is 0.0556. The van der Waals surface area contributed by atoms with E-state index in [9.17, 15) is 0 Å². The largest absolute Gasteiger partial charge is 0.355 e. The van der Waals surface area contributed by atoms with Crippen LogP contribution in [0, 0.1) is 6.92 Å². The highest BCUT2D eigenvalue weighted by Crippen LogP contribution is 2.28. The molecular weight excluding hydrogens is 276 g/mol. The van der Waals surface area contributed by atoms with E-state index in [0.29, 0.717) is 0 Å². The molecule has 0 aliphatic carbocycles. The lowest BCUT2D eigenvalue weighted by Gasteiger charge is -2.14. The van der Waals surface area contributed by atoms with Crippen molar-refractivity contribution in [3.8, 4) is 0 Å². The van der Waals surface area contributed by atoms with Crippen LogP contribution in [-0.4, -0.2) is 4.98 Å². The van der Waals surface area contributed by atoms with Crippen LogP contribution in [0.1, 0.15) is 16.1 Å². The summed E-state index contributed by atoms with van der Waals surface area (Å²) in [5, 5.41) is 4.47. The van der Waals surface area contributed by atoms with E-state index in [4.69, 9.17) is 4.98 Å². The van der Waals surface area contributed by atoms with Gasteiger partial charge < -0.3 is 5.32 Å². The van der Waals surface area contributed by atoms with Crippen LogP contribution in [0.2, 0.25) is 0 Å². The Labute approximate surface area is 127 Å². The molecule has 0 bridgehead atoms. The summed E-state index contributed by atoms with van der Waals surface area (Å²) in [5.74, 6) is 0. The molecule has 0 saturated carbocycles. The summed E-state index contributed by atoms with van der Waals surface area (Å²) in [5.41, 5.74) is 5.76. The lowest BCUT2D eigenvalue weighted by Crippen LogP contribution is -2.02. The number of benzene rings is 2. The van der Waals surface area contributed by atoms with Crippen molar-refractivity contribution in [1.29, 1.82) is 0 Å². The van der Waals surface area contributed by atoms with E-state index in [1.807, 2.05) is 6.07 Å². The first kappa shape index (κ1) is 12.4. The number of nitrogens with zero attached hydrogens (tertiary/aromatic N) is 1. The zero-order valence-electron chi connectivity index (χ0n) is 11.6. The Hall–Kier alpha value is -2.39. The predicted octanol–water partition coefficient (Wildman–Crippen LogP) is 5.08. The molecule has 2 aromatic carbocycles. The van der Waals surface area contributed by atoms with Crippen LogP contribution in [0.4, 0.5) is 5.69 Å². The smallest absolute Gasteiger partial charge is 0.119 e. The van der Waals surface area contributed by atoms with Crippen LogP contribution >= 0.6 is 11.3 Å². The minimum absolute atomic E-state index is 1.03. The fourth-order valence-electron chi connectivity index (χ4n) is 2.47. The maximum Gasteiger partial charge on any atom is 0.119 e. The molecule has 2 nitrogen and oxygen atoms in total. The molecule has 0 radical (unpaired) electrons. The van der Waals surface area contributed by atoms with E-state index in [1.54, 1.807) is 11.3 Å². The molecule has 2 heterocycles. The number of nitrogens with one attached hydrogen (secondary N) is 1. The molecular formula is C18H14N2S. The molecule has 4 rings (SSSR count). The molecule has 0 fully saturated rings. The lowest BCUT2D eigenvalue weighted by atomic mass is 10.1. The summed E-state index contributed by atoms with van der Waals surface area (Å²) in [4.78, 5) is 4.69. The van der Waals surface area contributed by atoms with Gasteiger partial charge in [0.25, 0.3) is 0 Å². The number of aromatic nitrogens is 1. The average Bonchev–Trinajstić information content (AvgIpc) is 2.88. The van der Waals surface area contributed by atoms with E-state index < -0.39 is 0 Å². The molecule has 1 aliphatic heterocycles. The zero-order chi connectivity index (χ0) is 14.2. The molecule has 3 heteroatoms. The minimum atomic E-state index is 1.03. The molecule has 0 unspecified atom stereocenters. The zero-order valence-corrected chi connectivity index (χ0v) is 12.4. The Bertz CT molecular complexity index is 887. The first-order valence-electron chi connectivity index (χ1n) is 6.91. The van der Waals surface area contributed by atoms with Crippen molar-refractivity contribution in [3.63, 3.8) is 0 Å². The number of rotatable bonds is 1. The van der Waals surface area contributed by atoms with Gasteiger partial charge >= 0.3 is 0 Å². The number of para-hydroxylation sites is 1. The molecule has 1 aliphatic rings. The van der Waals surface area contributed by atoms with Gasteiger partial charge in [-0.25, -0.2) is 4.98 Å². The Morgan fingerprint density at radius 2 is 2.00 bits per heavy atom. The summed E-state index contributed by atoms with van der Waals surface area (Å²) in [7, 11) is 0. The SMILES string of the molecule is Cc1ccc2sc(/C=C3\C=Cc4ccccc4N3)nc2c1. The van der Waals surface area contributed by atoms with Gasteiger partial charge in [-0.2, -0.15) is 0 Å². The second-order valence-corrected chi connectivity index (χ2v) is 6.23. The molecule has 21 heavy (non-hydrogen) atoms. The number of allylic oxidation sites excluding steroid dienone is 1. The summed E-state index contributed by atoms with van der Waals surface area (Å²) in [6, 6.07) is 14.7. The van der Waals surface area contributed by atoms with Crippen LogP contribution in [0.5, 0.6) is 0 Å². The maximum absolute atomic E-state index is 4.69. The van der Waals surface area contributed by atoms with Crippen LogP contribution in [0.15, 0.2) is 54.2 Å². The number of fused-ring (bicyclic) bond motifs is 2. The van der Waals surface area contributed by atoms with Crippen molar-refractivity contribution < 1.29 is 0 Å². The first-order chi connectivity index (χ1) is 10.3. The van der Waals surface area contributed by atoms with Gasteiger partial charge in [-0.1, -0.05) is 30.3 Å². The molecule has 3 aromatic rings. The van der Waals surface area contributed by atoms with Gasteiger partial charge in [-0.15, -0.1) is 11.3 Å². The Kier molecular flexibility index (Phi) is 2.86. The third-order valence-electron chi connectivity index (χ3n) is 3.52. The number of aryl methyl sites for hydroxylation is 1. The van der Waals surface area contributed by atoms with Gasteiger partial charge in [0.05, 0.1) is 10.2 Å². The molecule has 0 atom stereocenters. The highest BCUT2D eigenvalue weighted by atomic mass is 32.1. The maximum atomic E-state index is 4.69. The minimum Gasteiger partial charge on any atom is -0.355 e. The predicted molar refractivity (Wildman–Crippen MR) is 91.4 cm³/mol. The van der Waals surface area contributed by atoms with Gasteiger partial charge in [0, 0.05) is 11.4 Å². The highest BCUT2D eigenvalue weighted by Gasteiger charge is 2.07. The van der Waals surface area contributed by atoms with E-state index in [2.05, 4.69) is 66.9 Å². The topological polar surface area (TPSA) is 24.9 Å². The van der Waals surface area contributed by atoms with Gasteiger partial charge in [-0.3, -0.25) is 0 Å². The quantitative estimate of drug-likeness (QED) is 0.675. The van der Waals surface area contributed by atoms with Crippen molar-refractivity contribution in [2.24, 2.45) is 0 Å². The third-order valence-corrected chi connectivity index (χ3v) is 4.50. The van der Waals surface area contributed by atoms with Crippen molar-refractivity contribution >= 4 is 39.4 Å². The second-order valence-electron chi connectivity index (χ2n) is 5.17. The number of thiazole rings is 1. The number of anilines is 1. The average molecular weight is 290 g/mol. The Morgan fingerprint density at radius 3 is 2.95 bits per heavy atom. The molecule has 102 valence electrons. The molecule has 0 amide bonds. The molecule has 0 spiro atoms. The molecule has 1 N–H and O–H groups in total. The van der Waals surface area contributed by atoms with Crippen molar-refractivity contribution in [3.05, 3.63) is 70.4 Å². The standard InChI is InChI=1S/C18H14N2S/c1-12-6-9-17-16(10-12)20-18(21-17)11-14-8-7-13-4-2-3-5-15(13)19-14/h2-11,19H,1H3/b14-11+. The van der Waals surface area contributed by atoms with Gasteiger partial charge in [-0.05, 0) is 48.4 Å².